The molecule has 3 rings (SSSR count). The lowest BCUT2D eigenvalue weighted by Gasteiger charge is -2.16. The smallest absolute Gasteiger partial charge is 0.142 e. The molecular weight excluding hydrogens is 249 g/mol. The van der Waals surface area contributed by atoms with Crippen LogP contribution in [0.3, 0.4) is 0 Å². The molecule has 2 fully saturated rings. The molecular formula is C15H19ClFN. The van der Waals surface area contributed by atoms with E-state index in [0.717, 1.165) is 29.9 Å². The van der Waals surface area contributed by atoms with Crippen LogP contribution >= 0.6 is 11.6 Å². The van der Waals surface area contributed by atoms with Crippen LogP contribution in [0.2, 0.25) is 5.02 Å². The maximum absolute atomic E-state index is 13.3. The average molecular weight is 268 g/mol. The molecule has 0 spiro atoms. The van der Waals surface area contributed by atoms with E-state index in [1.807, 2.05) is 6.07 Å². The van der Waals surface area contributed by atoms with Crippen LogP contribution in [0.5, 0.6) is 0 Å². The molecule has 1 aromatic rings. The van der Waals surface area contributed by atoms with Gasteiger partial charge in [-0.15, -0.1) is 0 Å². The Balaban J connectivity index is 1.52. The Kier molecular flexibility index (Phi) is 3.58. The van der Waals surface area contributed by atoms with Gasteiger partial charge < -0.3 is 5.32 Å². The van der Waals surface area contributed by atoms with Crippen LogP contribution in [0.4, 0.5) is 4.39 Å². The van der Waals surface area contributed by atoms with Crippen molar-refractivity contribution in [1.82, 2.24) is 5.32 Å². The number of hydrogen-bond acceptors (Lipinski definition) is 1. The molecule has 0 unspecified atom stereocenters. The molecule has 18 heavy (non-hydrogen) atoms. The molecule has 0 aromatic heterocycles. The minimum Gasteiger partial charge on any atom is -0.312 e. The second kappa shape index (κ2) is 5.18. The molecule has 0 bridgehead atoms. The Hall–Kier alpha value is -0.600. The Bertz CT molecular complexity index is 415. The van der Waals surface area contributed by atoms with E-state index in [0.29, 0.717) is 6.54 Å². The lowest BCUT2D eigenvalue weighted by Crippen LogP contribution is -2.25. The molecule has 98 valence electrons. The number of rotatable bonds is 6. The molecule has 1 nitrogen and oxygen atoms in total. The van der Waals surface area contributed by atoms with Gasteiger partial charge in [-0.2, -0.15) is 0 Å². The van der Waals surface area contributed by atoms with Crippen molar-refractivity contribution in [2.45, 2.75) is 32.2 Å². The van der Waals surface area contributed by atoms with Crippen molar-refractivity contribution in [3.05, 3.63) is 34.6 Å². The third kappa shape index (κ3) is 2.86. The van der Waals surface area contributed by atoms with Gasteiger partial charge in [0, 0.05) is 6.54 Å². The van der Waals surface area contributed by atoms with E-state index < -0.39 is 0 Å². The maximum Gasteiger partial charge on any atom is 0.142 e. The van der Waals surface area contributed by atoms with Gasteiger partial charge in [0.05, 0.1) is 5.02 Å². The Morgan fingerprint density at radius 1 is 1.22 bits per heavy atom. The fraction of sp³-hybridized carbons (Fsp3) is 0.600. The van der Waals surface area contributed by atoms with Crippen LogP contribution in [-0.4, -0.2) is 6.54 Å². The van der Waals surface area contributed by atoms with Gasteiger partial charge in [0.15, 0.2) is 0 Å². The predicted octanol–water partition coefficient (Wildman–Crippen LogP) is 4.00. The first-order valence-electron chi connectivity index (χ1n) is 6.89. The minimum absolute atomic E-state index is 0.263. The summed E-state index contributed by atoms with van der Waals surface area (Å²) < 4.78 is 13.3. The summed E-state index contributed by atoms with van der Waals surface area (Å²) in [7, 11) is 0. The standard InChI is InChI=1S/C15H19ClFN/c16-15-12(2-1-3-14(15)17)8-18-9-13(10-4-5-10)11-6-7-11/h1-3,10-11,13,18H,4-9H2. The molecule has 2 aliphatic rings. The summed E-state index contributed by atoms with van der Waals surface area (Å²) in [5.41, 5.74) is 0.863. The lowest BCUT2D eigenvalue weighted by molar-refractivity contribution is 0.378. The van der Waals surface area contributed by atoms with Crippen LogP contribution in [0.25, 0.3) is 0 Å². The number of halogens is 2. The quantitative estimate of drug-likeness (QED) is 0.821. The molecule has 1 aromatic carbocycles. The first-order chi connectivity index (χ1) is 8.75. The number of benzene rings is 1. The van der Waals surface area contributed by atoms with Gasteiger partial charge in [0.2, 0.25) is 0 Å². The first kappa shape index (κ1) is 12.4. The Labute approximate surface area is 113 Å². The van der Waals surface area contributed by atoms with Gasteiger partial charge in [-0.05, 0) is 61.6 Å². The average Bonchev–Trinajstić information content (AvgIpc) is 3.23. The highest BCUT2D eigenvalue weighted by Gasteiger charge is 2.40. The van der Waals surface area contributed by atoms with E-state index in [4.69, 9.17) is 11.6 Å². The highest BCUT2D eigenvalue weighted by molar-refractivity contribution is 6.31. The first-order valence-corrected chi connectivity index (χ1v) is 7.27. The van der Waals surface area contributed by atoms with Crippen molar-refractivity contribution in [3.63, 3.8) is 0 Å². The fourth-order valence-corrected chi connectivity index (χ4v) is 3.02. The van der Waals surface area contributed by atoms with Crippen LogP contribution < -0.4 is 5.32 Å². The summed E-state index contributed by atoms with van der Waals surface area (Å²) in [5.74, 6) is 2.43. The van der Waals surface area contributed by atoms with Gasteiger partial charge >= 0.3 is 0 Å². The van der Waals surface area contributed by atoms with E-state index >= 15 is 0 Å². The summed E-state index contributed by atoms with van der Waals surface area (Å²) in [5, 5.41) is 3.72. The van der Waals surface area contributed by atoms with E-state index in [-0.39, 0.29) is 10.8 Å². The van der Waals surface area contributed by atoms with Crippen molar-refractivity contribution < 1.29 is 4.39 Å². The zero-order valence-electron chi connectivity index (χ0n) is 10.5. The van der Waals surface area contributed by atoms with Crippen molar-refractivity contribution in [1.29, 1.82) is 0 Å². The second-order valence-corrected chi connectivity index (χ2v) is 6.06. The van der Waals surface area contributed by atoms with Crippen LogP contribution in [0.15, 0.2) is 18.2 Å². The minimum atomic E-state index is -0.322. The van der Waals surface area contributed by atoms with Crippen LogP contribution in [-0.2, 0) is 6.54 Å². The lowest BCUT2D eigenvalue weighted by atomic mass is 9.98. The van der Waals surface area contributed by atoms with Crippen molar-refractivity contribution in [3.8, 4) is 0 Å². The normalized spacial score (nSPS) is 19.5. The summed E-state index contributed by atoms with van der Waals surface area (Å²) in [4.78, 5) is 0. The van der Waals surface area contributed by atoms with E-state index in [2.05, 4.69) is 5.32 Å². The van der Waals surface area contributed by atoms with Crippen molar-refractivity contribution in [2.24, 2.45) is 17.8 Å². The topological polar surface area (TPSA) is 12.0 Å². The largest absolute Gasteiger partial charge is 0.312 e. The molecule has 1 N–H and O–H groups in total. The molecule has 2 saturated carbocycles. The van der Waals surface area contributed by atoms with Gasteiger partial charge in [0.25, 0.3) is 0 Å². The summed E-state index contributed by atoms with van der Waals surface area (Å²) in [6, 6.07) is 5.02. The Morgan fingerprint density at radius 3 is 2.50 bits per heavy atom. The summed E-state index contributed by atoms with van der Waals surface area (Å²) in [6.45, 7) is 1.73. The molecule has 0 aliphatic heterocycles. The highest BCUT2D eigenvalue weighted by atomic mass is 35.5. The monoisotopic (exact) mass is 267 g/mol. The van der Waals surface area contributed by atoms with E-state index in [9.17, 15) is 4.39 Å². The SMILES string of the molecule is Fc1cccc(CNCC(C2CC2)C2CC2)c1Cl. The van der Waals surface area contributed by atoms with Crippen LogP contribution in [0, 0.1) is 23.6 Å². The predicted molar refractivity (Wildman–Crippen MR) is 72.1 cm³/mol. The van der Waals surface area contributed by atoms with Gasteiger partial charge in [-0.3, -0.25) is 0 Å². The Morgan fingerprint density at radius 2 is 1.89 bits per heavy atom. The zero-order valence-corrected chi connectivity index (χ0v) is 11.2. The molecule has 0 saturated heterocycles. The molecule has 0 radical (unpaired) electrons. The zero-order chi connectivity index (χ0) is 12.5. The summed E-state index contributed by atoms with van der Waals surface area (Å²) in [6.07, 6.45) is 5.63. The highest BCUT2D eigenvalue weighted by Crippen LogP contribution is 2.48. The van der Waals surface area contributed by atoms with Gasteiger partial charge in [-0.1, -0.05) is 23.7 Å². The molecule has 2 aliphatic carbocycles. The molecule has 0 heterocycles. The van der Waals surface area contributed by atoms with Gasteiger partial charge in [0.1, 0.15) is 5.82 Å². The van der Waals surface area contributed by atoms with E-state index in [1.54, 1.807) is 6.07 Å². The molecule has 0 amide bonds. The fourth-order valence-electron chi connectivity index (χ4n) is 2.83. The number of nitrogens with one attached hydrogen (secondary N) is 1. The van der Waals surface area contributed by atoms with Crippen molar-refractivity contribution >= 4 is 11.6 Å². The number of hydrogen-bond donors (Lipinski definition) is 1. The third-order valence-corrected chi connectivity index (χ3v) is 4.61. The second-order valence-electron chi connectivity index (χ2n) is 5.68. The molecule has 3 heteroatoms. The van der Waals surface area contributed by atoms with Crippen LogP contribution in [0.1, 0.15) is 31.2 Å². The maximum atomic E-state index is 13.3. The summed E-state index contributed by atoms with van der Waals surface area (Å²) >= 11 is 5.94. The van der Waals surface area contributed by atoms with Gasteiger partial charge in [-0.25, -0.2) is 4.39 Å². The van der Waals surface area contributed by atoms with Crippen molar-refractivity contribution in [2.75, 3.05) is 6.54 Å². The molecule has 0 atom stereocenters. The third-order valence-electron chi connectivity index (χ3n) is 4.18. The van der Waals surface area contributed by atoms with E-state index in [1.165, 1.54) is 31.7 Å².